The number of rotatable bonds is 4. The molecule has 7 nitrogen and oxygen atoms in total. The third kappa shape index (κ3) is 2.94. The third-order valence-corrected chi connectivity index (χ3v) is 4.45. The molecular formula is C13H14N4O3S. The number of carboxylic acids is 1. The van der Waals surface area contributed by atoms with Crippen LogP contribution in [0.3, 0.4) is 0 Å². The largest absolute Gasteiger partial charge is 0.476 e. The van der Waals surface area contributed by atoms with Crippen LogP contribution in [-0.2, 0) is 17.8 Å². The highest BCUT2D eigenvalue weighted by Gasteiger charge is 2.23. The predicted molar refractivity (Wildman–Crippen MR) is 75.1 cm³/mol. The quantitative estimate of drug-likeness (QED) is 0.885. The molecule has 1 amide bonds. The van der Waals surface area contributed by atoms with Gasteiger partial charge in [-0.2, -0.15) is 0 Å². The second-order valence-electron chi connectivity index (χ2n) is 4.92. The Bertz CT molecular complexity index is 679. The lowest BCUT2D eigenvalue weighted by molar-refractivity contribution is -0.122. The van der Waals surface area contributed by atoms with Gasteiger partial charge in [-0.1, -0.05) is 5.21 Å². The van der Waals surface area contributed by atoms with Gasteiger partial charge in [0.05, 0.1) is 12.2 Å². The van der Waals surface area contributed by atoms with Gasteiger partial charge in [0.25, 0.3) is 0 Å². The number of amides is 1. The first-order chi connectivity index (χ1) is 10.1. The molecule has 110 valence electrons. The molecule has 0 aliphatic heterocycles. The monoisotopic (exact) mass is 306 g/mol. The maximum atomic E-state index is 12.0. The molecule has 1 unspecified atom stereocenters. The van der Waals surface area contributed by atoms with Crippen LogP contribution in [0, 0.1) is 0 Å². The number of aromatic carboxylic acids is 1. The molecule has 1 atom stereocenters. The minimum atomic E-state index is -1.16. The van der Waals surface area contributed by atoms with Crippen molar-refractivity contribution in [1.82, 2.24) is 20.3 Å². The van der Waals surface area contributed by atoms with Gasteiger partial charge in [-0.25, -0.2) is 9.48 Å². The van der Waals surface area contributed by atoms with Crippen molar-refractivity contribution in [2.24, 2.45) is 0 Å². The molecule has 0 aromatic carbocycles. The zero-order chi connectivity index (χ0) is 14.8. The minimum absolute atomic E-state index is 0.0315. The summed E-state index contributed by atoms with van der Waals surface area (Å²) in [5, 5.41) is 20.9. The molecule has 0 spiro atoms. The van der Waals surface area contributed by atoms with Crippen molar-refractivity contribution in [1.29, 1.82) is 0 Å². The van der Waals surface area contributed by atoms with Gasteiger partial charge >= 0.3 is 5.97 Å². The van der Waals surface area contributed by atoms with Crippen LogP contribution in [-0.4, -0.2) is 32.0 Å². The Morgan fingerprint density at radius 1 is 1.52 bits per heavy atom. The molecule has 2 aromatic rings. The highest BCUT2D eigenvalue weighted by Crippen LogP contribution is 2.33. The highest BCUT2D eigenvalue weighted by molar-refractivity contribution is 7.10. The fourth-order valence-corrected chi connectivity index (χ4v) is 3.48. The van der Waals surface area contributed by atoms with Gasteiger partial charge in [0.1, 0.15) is 6.54 Å². The summed E-state index contributed by atoms with van der Waals surface area (Å²) in [6.45, 7) is -0.0315. The summed E-state index contributed by atoms with van der Waals surface area (Å²) in [6.07, 6.45) is 4.31. The summed E-state index contributed by atoms with van der Waals surface area (Å²) in [4.78, 5) is 24.1. The van der Waals surface area contributed by atoms with E-state index < -0.39 is 5.97 Å². The molecule has 21 heavy (non-hydrogen) atoms. The van der Waals surface area contributed by atoms with Crippen molar-refractivity contribution in [2.45, 2.75) is 31.8 Å². The number of nitrogens with one attached hydrogen (secondary N) is 1. The number of thiophene rings is 1. The van der Waals surface area contributed by atoms with Gasteiger partial charge in [-0.05, 0) is 36.3 Å². The van der Waals surface area contributed by atoms with Crippen LogP contribution >= 0.6 is 11.3 Å². The normalized spacial score (nSPS) is 17.2. The maximum absolute atomic E-state index is 12.0. The molecule has 2 aromatic heterocycles. The number of carbonyl (C=O) groups is 2. The molecule has 0 saturated heterocycles. The molecule has 1 aliphatic carbocycles. The standard InChI is InChI=1S/C13H14N4O3S/c18-12(7-17-6-10(13(19)20)15-16-17)14-9-2-1-3-11-8(9)4-5-21-11/h4-6,9H,1-3,7H2,(H,14,18)(H,19,20). The van der Waals surface area contributed by atoms with Crippen LogP contribution in [0.1, 0.15) is 39.8 Å². The van der Waals surface area contributed by atoms with Crippen LogP contribution in [0.5, 0.6) is 0 Å². The lowest BCUT2D eigenvalue weighted by Crippen LogP contribution is -2.33. The number of fused-ring (bicyclic) bond motifs is 1. The molecule has 1 aliphatic rings. The third-order valence-electron chi connectivity index (χ3n) is 3.45. The topological polar surface area (TPSA) is 97.1 Å². The van der Waals surface area contributed by atoms with Crippen LogP contribution < -0.4 is 5.32 Å². The fourth-order valence-electron chi connectivity index (χ4n) is 2.50. The number of hydrogen-bond acceptors (Lipinski definition) is 5. The second-order valence-corrected chi connectivity index (χ2v) is 5.92. The first kappa shape index (κ1) is 13.7. The SMILES string of the molecule is O=C(Cn1cc(C(=O)O)nn1)NC1CCCc2sccc21. The number of carboxylic acid groups (broad SMARTS) is 1. The summed E-state index contributed by atoms with van der Waals surface area (Å²) in [7, 11) is 0. The molecule has 0 bridgehead atoms. The highest BCUT2D eigenvalue weighted by atomic mass is 32.1. The van der Waals surface area contributed by atoms with E-state index in [1.807, 2.05) is 5.38 Å². The van der Waals surface area contributed by atoms with Crippen LogP contribution in [0.25, 0.3) is 0 Å². The summed E-state index contributed by atoms with van der Waals surface area (Å²) >= 11 is 1.72. The summed E-state index contributed by atoms with van der Waals surface area (Å²) in [5.41, 5.74) is 1.03. The Morgan fingerprint density at radius 3 is 3.14 bits per heavy atom. The summed E-state index contributed by atoms with van der Waals surface area (Å²) in [6, 6.07) is 2.09. The van der Waals surface area contributed by atoms with Crippen molar-refractivity contribution in [3.05, 3.63) is 33.8 Å². The van der Waals surface area contributed by atoms with E-state index in [4.69, 9.17) is 5.11 Å². The first-order valence-corrected chi connectivity index (χ1v) is 7.50. The predicted octanol–water partition coefficient (Wildman–Crippen LogP) is 1.23. The number of aryl methyl sites for hydroxylation is 1. The Hall–Kier alpha value is -2.22. The van der Waals surface area contributed by atoms with E-state index in [0.29, 0.717) is 0 Å². The van der Waals surface area contributed by atoms with Gasteiger partial charge in [0.2, 0.25) is 5.91 Å². The Balaban J connectivity index is 1.63. The van der Waals surface area contributed by atoms with E-state index in [1.165, 1.54) is 21.3 Å². The first-order valence-electron chi connectivity index (χ1n) is 6.62. The van der Waals surface area contributed by atoms with Gasteiger partial charge in [0.15, 0.2) is 5.69 Å². The van der Waals surface area contributed by atoms with E-state index in [0.717, 1.165) is 19.3 Å². The van der Waals surface area contributed by atoms with Crippen LogP contribution in [0.2, 0.25) is 0 Å². The summed E-state index contributed by atoms with van der Waals surface area (Å²) in [5.74, 6) is -1.35. The molecule has 0 radical (unpaired) electrons. The second kappa shape index (κ2) is 5.65. The smallest absolute Gasteiger partial charge is 0.358 e. The van der Waals surface area contributed by atoms with E-state index in [-0.39, 0.29) is 24.2 Å². The molecule has 3 rings (SSSR count). The lowest BCUT2D eigenvalue weighted by Gasteiger charge is -2.23. The van der Waals surface area contributed by atoms with Crippen molar-refractivity contribution in [3.63, 3.8) is 0 Å². The van der Waals surface area contributed by atoms with Crippen molar-refractivity contribution < 1.29 is 14.7 Å². The average molecular weight is 306 g/mol. The van der Waals surface area contributed by atoms with Crippen LogP contribution in [0.15, 0.2) is 17.6 Å². The van der Waals surface area contributed by atoms with Gasteiger partial charge in [0, 0.05) is 4.88 Å². The van der Waals surface area contributed by atoms with Crippen molar-refractivity contribution in [3.8, 4) is 0 Å². The average Bonchev–Trinajstić information content (AvgIpc) is 3.07. The maximum Gasteiger partial charge on any atom is 0.358 e. The summed E-state index contributed by atoms with van der Waals surface area (Å²) < 4.78 is 1.23. The Labute approximate surface area is 124 Å². The van der Waals surface area contributed by atoms with E-state index in [9.17, 15) is 9.59 Å². The van der Waals surface area contributed by atoms with E-state index >= 15 is 0 Å². The number of nitrogens with zero attached hydrogens (tertiary/aromatic N) is 3. The molecule has 0 saturated carbocycles. The number of carbonyl (C=O) groups excluding carboxylic acids is 1. The fraction of sp³-hybridized carbons (Fsp3) is 0.385. The Morgan fingerprint density at radius 2 is 2.38 bits per heavy atom. The number of hydrogen-bond donors (Lipinski definition) is 2. The minimum Gasteiger partial charge on any atom is -0.476 e. The zero-order valence-corrected chi connectivity index (χ0v) is 12.0. The van der Waals surface area contributed by atoms with Gasteiger partial charge in [-0.15, -0.1) is 16.4 Å². The van der Waals surface area contributed by atoms with E-state index in [2.05, 4.69) is 21.7 Å². The van der Waals surface area contributed by atoms with Gasteiger partial charge < -0.3 is 10.4 Å². The van der Waals surface area contributed by atoms with E-state index in [1.54, 1.807) is 11.3 Å². The lowest BCUT2D eigenvalue weighted by atomic mass is 9.94. The van der Waals surface area contributed by atoms with Crippen LogP contribution in [0.4, 0.5) is 0 Å². The van der Waals surface area contributed by atoms with Crippen molar-refractivity contribution >= 4 is 23.2 Å². The zero-order valence-electron chi connectivity index (χ0n) is 11.2. The Kier molecular flexibility index (Phi) is 3.70. The van der Waals surface area contributed by atoms with Gasteiger partial charge in [-0.3, -0.25) is 4.79 Å². The molecule has 2 N–H and O–H groups in total. The molecule has 0 fully saturated rings. The molecular weight excluding hydrogens is 292 g/mol. The number of aromatic nitrogens is 3. The van der Waals surface area contributed by atoms with Crippen molar-refractivity contribution in [2.75, 3.05) is 0 Å². The molecule has 8 heteroatoms. The molecule has 2 heterocycles.